The van der Waals surface area contributed by atoms with Crippen molar-refractivity contribution in [2.45, 2.75) is 57.2 Å². The van der Waals surface area contributed by atoms with Gasteiger partial charge in [-0.2, -0.15) is 0 Å². The van der Waals surface area contributed by atoms with E-state index in [1.165, 1.54) is 32.2 Å². The number of allylic oxidation sites excluding steroid dienone is 2. The number of unbranched alkanes of at least 4 members (excludes halogenated alkanes) is 2. The van der Waals surface area contributed by atoms with Gasteiger partial charge in [-0.05, 0) is 82.3 Å². The third-order valence-corrected chi connectivity index (χ3v) is 7.01. The van der Waals surface area contributed by atoms with Gasteiger partial charge in [-0.3, -0.25) is 0 Å². The third kappa shape index (κ3) is 6.93. The van der Waals surface area contributed by atoms with Gasteiger partial charge >= 0.3 is 0 Å². The summed E-state index contributed by atoms with van der Waals surface area (Å²) in [6, 6.07) is 8.34. The summed E-state index contributed by atoms with van der Waals surface area (Å²) in [6.45, 7) is 1.17. The van der Waals surface area contributed by atoms with Crippen molar-refractivity contribution in [3.63, 3.8) is 0 Å². The van der Waals surface area contributed by atoms with Gasteiger partial charge in [0.15, 0.2) is 0 Å². The molecule has 0 spiro atoms. The Morgan fingerprint density at radius 1 is 1.06 bits per heavy atom. The lowest BCUT2D eigenvalue weighted by Crippen LogP contribution is -2.18. The maximum atomic E-state index is 10.6. The first-order chi connectivity index (χ1) is 14.8. The molecule has 172 valence electrons. The molecule has 1 saturated carbocycles. The van der Waals surface area contributed by atoms with E-state index in [9.17, 15) is 10.2 Å². The molecule has 0 radical (unpaired) electrons. The summed E-state index contributed by atoms with van der Waals surface area (Å²) in [6.07, 6.45) is 13.3. The molecule has 3 rings (SSSR count). The Labute approximate surface area is 189 Å². The third-order valence-electron chi connectivity index (χ3n) is 7.01. The molecule has 2 N–H and O–H groups in total. The van der Waals surface area contributed by atoms with Gasteiger partial charge in [0.05, 0.1) is 12.2 Å². The summed E-state index contributed by atoms with van der Waals surface area (Å²) in [5.41, 5.74) is 3.88. The fourth-order valence-electron chi connectivity index (χ4n) is 5.24. The molecule has 0 bridgehead atoms. The molecule has 1 fully saturated rings. The molecule has 2 aliphatic carbocycles. The number of fused-ring (bicyclic) bond motifs is 1. The first kappa shape index (κ1) is 24.0. The Balaban J connectivity index is 1.46. The summed E-state index contributed by atoms with van der Waals surface area (Å²) < 4.78 is 0. The minimum absolute atomic E-state index is 0.165. The van der Waals surface area contributed by atoms with E-state index in [1.54, 1.807) is 5.57 Å². The molecule has 0 aliphatic heterocycles. The van der Waals surface area contributed by atoms with Crippen LogP contribution in [0, 0.1) is 17.8 Å². The van der Waals surface area contributed by atoms with Crippen molar-refractivity contribution < 1.29 is 10.2 Å². The van der Waals surface area contributed by atoms with Crippen LogP contribution in [0.15, 0.2) is 48.1 Å². The topological polar surface area (TPSA) is 46.9 Å². The maximum Gasteiger partial charge on any atom is 0.0761 e. The fraction of sp³-hybridized carbons (Fsp3) is 0.630. The molecule has 0 aromatic heterocycles. The largest absolute Gasteiger partial charge is 0.392 e. The average molecular weight is 427 g/mol. The Morgan fingerprint density at radius 3 is 2.48 bits per heavy atom. The van der Waals surface area contributed by atoms with Gasteiger partial charge in [0.2, 0.25) is 0 Å². The van der Waals surface area contributed by atoms with Crippen LogP contribution in [0.4, 0.5) is 5.69 Å². The molecule has 0 unspecified atom stereocenters. The molecule has 0 heterocycles. The fourth-order valence-corrected chi connectivity index (χ4v) is 5.24. The van der Waals surface area contributed by atoms with Gasteiger partial charge < -0.3 is 20.0 Å². The van der Waals surface area contributed by atoms with Crippen LogP contribution >= 0.6 is 0 Å². The molecule has 31 heavy (non-hydrogen) atoms. The Bertz CT molecular complexity index is 738. The Morgan fingerprint density at radius 2 is 1.81 bits per heavy atom. The highest BCUT2D eigenvalue weighted by Gasteiger charge is 2.43. The zero-order valence-corrected chi connectivity index (χ0v) is 19.9. The van der Waals surface area contributed by atoms with Crippen LogP contribution in [-0.4, -0.2) is 62.1 Å². The van der Waals surface area contributed by atoms with Crippen LogP contribution in [0.1, 0.15) is 44.1 Å². The van der Waals surface area contributed by atoms with E-state index >= 15 is 0 Å². The van der Waals surface area contributed by atoms with Crippen LogP contribution in [0.3, 0.4) is 0 Å². The second kappa shape index (κ2) is 11.3. The smallest absolute Gasteiger partial charge is 0.0761 e. The number of hydrogen-bond acceptors (Lipinski definition) is 4. The van der Waals surface area contributed by atoms with Gasteiger partial charge in [-0.1, -0.05) is 42.4 Å². The van der Waals surface area contributed by atoms with E-state index < -0.39 is 6.10 Å². The normalized spacial score (nSPS) is 26.5. The molecule has 1 aromatic rings. The predicted octanol–water partition coefficient (Wildman–Crippen LogP) is 4.28. The van der Waals surface area contributed by atoms with Crippen LogP contribution in [-0.2, 0) is 6.42 Å². The zero-order chi connectivity index (χ0) is 22.4. The first-order valence-corrected chi connectivity index (χ1v) is 12.0. The summed E-state index contributed by atoms with van der Waals surface area (Å²) in [5.74, 6) is 1.19. The number of aliphatic hydroxyl groups is 2. The van der Waals surface area contributed by atoms with Gasteiger partial charge in [0, 0.05) is 32.1 Å². The highest BCUT2D eigenvalue weighted by molar-refractivity contribution is 5.46. The minimum atomic E-state index is -0.512. The molecule has 4 heteroatoms. The van der Waals surface area contributed by atoms with E-state index in [-0.39, 0.29) is 12.0 Å². The van der Waals surface area contributed by atoms with E-state index in [0.29, 0.717) is 18.3 Å². The standard InChI is InChI=1S/C27H42N2O2/c1-28(2)15-7-5-6-8-21-16-22-19-27(31)25(26(22)18-21)14-13-24(30)17-20-9-11-23(12-10-20)29(3)4/h9-14,16,22,24-27,30-31H,5-8,15,17-19H2,1-4H3/b14-13+/t22-,24-,25+,26-,27+/m0/s1. The maximum absolute atomic E-state index is 10.6. The monoisotopic (exact) mass is 426 g/mol. The minimum Gasteiger partial charge on any atom is -0.392 e. The van der Waals surface area contributed by atoms with Crippen molar-refractivity contribution in [1.29, 1.82) is 0 Å². The molecule has 0 saturated heterocycles. The Hall–Kier alpha value is -1.62. The van der Waals surface area contributed by atoms with Crippen molar-refractivity contribution in [3.8, 4) is 0 Å². The van der Waals surface area contributed by atoms with Crippen molar-refractivity contribution in [2.75, 3.05) is 39.6 Å². The molecule has 0 amide bonds. The summed E-state index contributed by atoms with van der Waals surface area (Å²) >= 11 is 0. The van der Waals surface area contributed by atoms with Crippen LogP contribution < -0.4 is 4.90 Å². The molecule has 4 nitrogen and oxygen atoms in total. The lowest BCUT2D eigenvalue weighted by molar-refractivity contribution is 0.140. The Kier molecular flexibility index (Phi) is 8.76. The number of anilines is 1. The summed E-state index contributed by atoms with van der Waals surface area (Å²) in [4.78, 5) is 4.33. The van der Waals surface area contributed by atoms with Gasteiger partial charge in [-0.15, -0.1) is 0 Å². The lowest BCUT2D eigenvalue weighted by Gasteiger charge is -2.19. The van der Waals surface area contributed by atoms with Crippen LogP contribution in [0.25, 0.3) is 0 Å². The molecule has 5 atom stereocenters. The number of aliphatic hydroxyl groups excluding tert-OH is 2. The first-order valence-electron chi connectivity index (χ1n) is 12.0. The van der Waals surface area contributed by atoms with Crippen molar-refractivity contribution >= 4 is 5.69 Å². The summed E-state index contributed by atoms with van der Waals surface area (Å²) in [5, 5.41) is 21.1. The zero-order valence-electron chi connectivity index (χ0n) is 19.9. The van der Waals surface area contributed by atoms with E-state index in [1.807, 2.05) is 20.2 Å². The summed E-state index contributed by atoms with van der Waals surface area (Å²) in [7, 11) is 8.33. The van der Waals surface area contributed by atoms with E-state index in [4.69, 9.17) is 0 Å². The predicted molar refractivity (Wildman–Crippen MR) is 130 cm³/mol. The quantitative estimate of drug-likeness (QED) is 0.410. The van der Waals surface area contributed by atoms with Crippen molar-refractivity contribution in [3.05, 3.63) is 53.6 Å². The molecular weight excluding hydrogens is 384 g/mol. The van der Waals surface area contributed by atoms with E-state index in [0.717, 1.165) is 24.1 Å². The number of rotatable bonds is 11. The number of nitrogens with zero attached hydrogens (tertiary/aromatic N) is 2. The van der Waals surface area contributed by atoms with Gasteiger partial charge in [0.1, 0.15) is 0 Å². The van der Waals surface area contributed by atoms with Crippen LogP contribution in [0.5, 0.6) is 0 Å². The highest BCUT2D eigenvalue weighted by atomic mass is 16.3. The van der Waals surface area contributed by atoms with Crippen molar-refractivity contribution in [1.82, 2.24) is 4.90 Å². The van der Waals surface area contributed by atoms with Gasteiger partial charge in [-0.25, -0.2) is 0 Å². The molecule has 2 aliphatic rings. The van der Waals surface area contributed by atoms with Crippen molar-refractivity contribution in [2.24, 2.45) is 17.8 Å². The lowest BCUT2D eigenvalue weighted by atomic mass is 9.88. The molecule has 1 aromatic carbocycles. The number of hydrogen-bond donors (Lipinski definition) is 2. The SMILES string of the molecule is CN(C)CCCCCC1=C[C@H]2C[C@@H](O)[C@H](/C=C/[C@H](O)Cc3ccc(N(C)C)cc3)[C@H]2C1. The van der Waals surface area contributed by atoms with E-state index in [2.05, 4.69) is 60.3 Å². The molecular formula is C27H42N2O2. The second-order valence-corrected chi connectivity index (χ2v) is 10.1. The average Bonchev–Trinajstić information content (AvgIpc) is 3.22. The van der Waals surface area contributed by atoms with Gasteiger partial charge in [0.25, 0.3) is 0 Å². The second-order valence-electron chi connectivity index (χ2n) is 10.1. The van der Waals surface area contributed by atoms with Crippen LogP contribution in [0.2, 0.25) is 0 Å². The number of benzene rings is 1. The highest BCUT2D eigenvalue weighted by Crippen LogP contribution is 2.48.